The van der Waals surface area contributed by atoms with E-state index < -0.39 is 6.04 Å². The van der Waals surface area contributed by atoms with Crippen molar-refractivity contribution in [1.82, 2.24) is 15.1 Å². The Bertz CT molecular complexity index is 1140. The van der Waals surface area contributed by atoms with Gasteiger partial charge in [0.15, 0.2) is 0 Å². The Balaban J connectivity index is 1.31. The summed E-state index contributed by atoms with van der Waals surface area (Å²) >= 11 is 0. The highest BCUT2D eigenvalue weighted by atomic mass is 16.5. The van der Waals surface area contributed by atoms with E-state index in [0.29, 0.717) is 48.7 Å². The van der Waals surface area contributed by atoms with Crippen molar-refractivity contribution in [1.29, 1.82) is 0 Å². The molecule has 1 saturated heterocycles. The Morgan fingerprint density at radius 2 is 1.70 bits per heavy atom. The van der Waals surface area contributed by atoms with Crippen LogP contribution in [-0.2, 0) is 11.3 Å². The highest BCUT2D eigenvalue weighted by Crippen LogP contribution is 2.35. The fourth-order valence-electron chi connectivity index (χ4n) is 6.56. The number of methoxy groups -OCH3 is 1. The van der Waals surface area contributed by atoms with Gasteiger partial charge in [0.05, 0.1) is 7.11 Å². The maximum atomic E-state index is 13.8. The summed E-state index contributed by atoms with van der Waals surface area (Å²) in [6, 6.07) is 16.4. The molecule has 2 aromatic rings. The molecule has 2 amide bonds. The third-order valence-corrected chi connectivity index (χ3v) is 9.29. The molecule has 216 valence electrons. The molecule has 1 heterocycles. The van der Waals surface area contributed by atoms with Gasteiger partial charge in [-0.2, -0.15) is 0 Å². The van der Waals surface area contributed by atoms with Crippen LogP contribution in [0.4, 0.5) is 0 Å². The van der Waals surface area contributed by atoms with Crippen molar-refractivity contribution >= 4 is 11.8 Å². The Hall–Kier alpha value is -2.90. The molecule has 3 aliphatic rings. The van der Waals surface area contributed by atoms with Crippen LogP contribution in [0.25, 0.3) is 0 Å². The predicted octanol–water partition coefficient (Wildman–Crippen LogP) is 4.52. The first kappa shape index (κ1) is 28.6. The van der Waals surface area contributed by atoms with Crippen LogP contribution >= 0.6 is 0 Å². The largest absolute Gasteiger partial charge is 0.497 e. The normalized spacial score (nSPS) is 25.1. The van der Waals surface area contributed by atoms with Gasteiger partial charge in [0.1, 0.15) is 11.8 Å². The molecule has 7 heteroatoms. The lowest BCUT2D eigenvalue weighted by Crippen LogP contribution is -2.58. The highest BCUT2D eigenvalue weighted by Gasteiger charge is 2.42. The highest BCUT2D eigenvalue weighted by molar-refractivity contribution is 5.98. The Morgan fingerprint density at radius 3 is 2.38 bits per heavy atom. The van der Waals surface area contributed by atoms with Gasteiger partial charge in [-0.3, -0.25) is 14.5 Å². The first-order valence-electron chi connectivity index (χ1n) is 15.2. The second-order valence-electron chi connectivity index (χ2n) is 12.2. The standard InChI is InChI=1S/C33H46N4O3/c1-23-6-8-26(9-7-23)22-37(28-14-15-28)29-16-17-36(33(39)27-4-3-5-30(18-27)40-2)31(19-29)32(38)35-21-25-12-10-24(20-34)11-13-25/h3-9,18,24-25,28-29,31H,10-17,19-22,34H2,1-2H3,(H,35,38)/t24?,25?,29?,31-/m1/s1. The van der Waals surface area contributed by atoms with Crippen LogP contribution in [0.2, 0.25) is 0 Å². The molecule has 2 atom stereocenters. The first-order chi connectivity index (χ1) is 19.4. The van der Waals surface area contributed by atoms with Gasteiger partial charge in [0, 0.05) is 37.3 Å². The van der Waals surface area contributed by atoms with Gasteiger partial charge >= 0.3 is 0 Å². The van der Waals surface area contributed by atoms with Crippen LogP contribution in [0, 0.1) is 18.8 Å². The molecule has 0 radical (unpaired) electrons. The molecule has 5 rings (SSSR count). The molecule has 0 bridgehead atoms. The number of hydrogen-bond acceptors (Lipinski definition) is 5. The topological polar surface area (TPSA) is 87.9 Å². The number of rotatable bonds is 10. The first-order valence-corrected chi connectivity index (χ1v) is 15.2. The summed E-state index contributed by atoms with van der Waals surface area (Å²) in [5.41, 5.74) is 9.01. The van der Waals surface area contributed by atoms with E-state index in [1.807, 2.05) is 23.1 Å². The summed E-state index contributed by atoms with van der Waals surface area (Å²) in [6.45, 7) is 5.00. The average molecular weight is 547 g/mol. The molecule has 0 aromatic heterocycles. The number of nitrogens with one attached hydrogen (secondary N) is 1. The van der Waals surface area contributed by atoms with Crippen LogP contribution in [0.1, 0.15) is 72.9 Å². The average Bonchev–Trinajstić information content (AvgIpc) is 3.85. The summed E-state index contributed by atoms with van der Waals surface area (Å²) < 4.78 is 5.37. The Morgan fingerprint density at radius 1 is 0.975 bits per heavy atom. The number of carbonyl (C=O) groups is 2. The van der Waals surface area contributed by atoms with E-state index in [1.165, 1.54) is 24.0 Å². The molecule has 3 N–H and O–H groups in total. The van der Waals surface area contributed by atoms with Crippen molar-refractivity contribution in [3.05, 3.63) is 65.2 Å². The van der Waals surface area contributed by atoms with E-state index in [1.54, 1.807) is 13.2 Å². The summed E-state index contributed by atoms with van der Waals surface area (Å²) in [7, 11) is 1.60. The van der Waals surface area contributed by atoms with E-state index in [0.717, 1.165) is 45.2 Å². The minimum Gasteiger partial charge on any atom is -0.497 e. The number of aryl methyl sites for hydroxylation is 1. The SMILES string of the molecule is COc1cccc(C(=O)N2CCC(N(Cc3ccc(C)cc3)C3CC3)C[C@@H]2C(=O)NCC2CCC(CN)CC2)c1. The molecule has 2 saturated carbocycles. The summed E-state index contributed by atoms with van der Waals surface area (Å²) in [4.78, 5) is 32.0. The Labute approximate surface area is 239 Å². The third kappa shape index (κ3) is 7.05. The van der Waals surface area contributed by atoms with E-state index in [-0.39, 0.29) is 17.9 Å². The van der Waals surface area contributed by atoms with Gasteiger partial charge in [-0.05, 0) is 100 Å². The number of hydrogen-bond donors (Lipinski definition) is 2. The fraction of sp³-hybridized carbons (Fsp3) is 0.576. The molecule has 3 fully saturated rings. The zero-order valence-electron chi connectivity index (χ0n) is 24.2. The van der Waals surface area contributed by atoms with Crippen LogP contribution < -0.4 is 15.8 Å². The van der Waals surface area contributed by atoms with Crippen LogP contribution in [0.5, 0.6) is 5.75 Å². The van der Waals surface area contributed by atoms with Gasteiger partial charge in [0.25, 0.3) is 5.91 Å². The minimum absolute atomic E-state index is 0.0204. The van der Waals surface area contributed by atoms with Crippen molar-refractivity contribution in [3.63, 3.8) is 0 Å². The van der Waals surface area contributed by atoms with Crippen LogP contribution in [0.15, 0.2) is 48.5 Å². The van der Waals surface area contributed by atoms with Crippen molar-refractivity contribution < 1.29 is 14.3 Å². The number of amides is 2. The molecule has 7 nitrogen and oxygen atoms in total. The number of likely N-dealkylation sites (tertiary alicyclic amines) is 1. The van der Waals surface area contributed by atoms with Gasteiger partial charge < -0.3 is 20.7 Å². The van der Waals surface area contributed by atoms with E-state index in [4.69, 9.17) is 10.5 Å². The molecule has 1 aliphatic heterocycles. The lowest BCUT2D eigenvalue weighted by atomic mass is 9.82. The van der Waals surface area contributed by atoms with Crippen molar-refractivity contribution in [2.45, 2.75) is 83.0 Å². The maximum Gasteiger partial charge on any atom is 0.254 e. The number of carbonyl (C=O) groups excluding carboxylic acids is 2. The van der Waals surface area contributed by atoms with Gasteiger partial charge in [-0.25, -0.2) is 0 Å². The molecular formula is C33H46N4O3. The zero-order valence-corrected chi connectivity index (χ0v) is 24.2. The minimum atomic E-state index is -0.489. The maximum absolute atomic E-state index is 13.8. The number of ether oxygens (including phenoxy) is 1. The van der Waals surface area contributed by atoms with E-state index >= 15 is 0 Å². The van der Waals surface area contributed by atoms with Gasteiger partial charge in [0.2, 0.25) is 5.91 Å². The fourth-order valence-corrected chi connectivity index (χ4v) is 6.56. The van der Waals surface area contributed by atoms with Crippen LogP contribution in [-0.4, -0.2) is 66.5 Å². The van der Waals surface area contributed by atoms with Gasteiger partial charge in [-0.1, -0.05) is 35.9 Å². The number of benzene rings is 2. The second kappa shape index (κ2) is 13.2. The summed E-state index contributed by atoms with van der Waals surface area (Å²) in [6.07, 6.45) is 8.42. The monoisotopic (exact) mass is 546 g/mol. The number of nitrogens with zero attached hydrogens (tertiary/aromatic N) is 2. The lowest BCUT2D eigenvalue weighted by Gasteiger charge is -2.43. The quantitative estimate of drug-likeness (QED) is 0.458. The van der Waals surface area contributed by atoms with Gasteiger partial charge in [-0.15, -0.1) is 0 Å². The Kier molecular flexibility index (Phi) is 9.43. The van der Waals surface area contributed by atoms with Crippen molar-refractivity contribution in [2.24, 2.45) is 17.6 Å². The van der Waals surface area contributed by atoms with E-state index in [9.17, 15) is 9.59 Å². The molecule has 2 aromatic carbocycles. The van der Waals surface area contributed by atoms with E-state index in [2.05, 4.69) is 41.4 Å². The summed E-state index contributed by atoms with van der Waals surface area (Å²) in [5.74, 6) is 1.63. The molecule has 0 spiro atoms. The molecule has 2 aliphatic carbocycles. The van der Waals surface area contributed by atoms with Crippen molar-refractivity contribution in [3.8, 4) is 5.75 Å². The second-order valence-corrected chi connectivity index (χ2v) is 12.2. The molecular weight excluding hydrogens is 500 g/mol. The number of nitrogens with two attached hydrogens (primary N) is 1. The third-order valence-electron chi connectivity index (χ3n) is 9.29. The molecule has 1 unspecified atom stereocenters. The van der Waals surface area contributed by atoms with Crippen molar-refractivity contribution in [2.75, 3.05) is 26.7 Å². The van der Waals surface area contributed by atoms with Crippen LogP contribution in [0.3, 0.4) is 0 Å². The summed E-state index contributed by atoms with van der Waals surface area (Å²) in [5, 5.41) is 3.27. The predicted molar refractivity (Wildman–Crippen MR) is 158 cm³/mol. The smallest absolute Gasteiger partial charge is 0.254 e. The molecule has 40 heavy (non-hydrogen) atoms. The zero-order chi connectivity index (χ0) is 28.1. The lowest BCUT2D eigenvalue weighted by molar-refractivity contribution is -0.128. The number of piperidine rings is 1.